The van der Waals surface area contributed by atoms with E-state index in [9.17, 15) is 19.2 Å². The van der Waals surface area contributed by atoms with Crippen molar-refractivity contribution < 1.29 is 28.7 Å². The molecule has 0 aromatic heterocycles. The fourth-order valence-electron chi connectivity index (χ4n) is 4.17. The van der Waals surface area contributed by atoms with Gasteiger partial charge in [-0.15, -0.1) is 0 Å². The number of alkyl carbamates (subject to hydrolysis) is 1. The molecule has 0 unspecified atom stereocenters. The number of para-hydroxylation sites is 3. The van der Waals surface area contributed by atoms with Crippen LogP contribution in [0.25, 0.3) is 0 Å². The first-order chi connectivity index (χ1) is 20.3. The second-order valence-corrected chi connectivity index (χ2v) is 11.1. The molecule has 10 nitrogen and oxygen atoms in total. The highest BCUT2D eigenvalue weighted by molar-refractivity contribution is 6.05. The highest BCUT2D eigenvalue weighted by Crippen LogP contribution is 2.29. The molecular weight excluding hydrogens is 548 g/mol. The number of nitrogens with zero attached hydrogens (tertiary/aromatic N) is 3. The minimum atomic E-state index is -0.766. The van der Waals surface area contributed by atoms with Crippen LogP contribution in [0.15, 0.2) is 72.8 Å². The van der Waals surface area contributed by atoms with Gasteiger partial charge in [0, 0.05) is 25.5 Å². The van der Waals surface area contributed by atoms with Gasteiger partial charge in [0.2, 0.25) is 11.8 Å². The van der Waals surface area contributed by atoms with Crippen molar-refractivity contribution in [1.29, 1.82) is 0 Å². The van der Waals surface area contributed by atoms with E-state index in [1.54, 1.807) is 71.3 Å². The Morgan fingerprint density at radius 1 is 0.744 bits per heavy atom. The largest absolute Gasteiger partial charge is 0.482 e. The van der Waals surface area contributed by atoms with E-state index in [4.69, 9.17) is 9.47 Å². The van der Waals surface area contributed by atoms with Crippen LogP contribution in [0, 0.1) is 13.8 Å². The van der Waals surface area contributed by atoms with Crippen LogP contribution < -0.4 is 24.8 Å². The first-order valence-electron chi connectivity index (χ1n) is 13.9. The molecule has 0 aliphatic rings. The molecule has 3 rings (SSSR count). The van der Waals surface area contributed by atoms with Crippen molar-refractivity contribution in [1.82, 2.24) is 5.32 Å². The Kier molecular flexibility index (Phi) is 10.9. The SMILES string of the molecule is Cc1cccc(N(C)C(=O)COc2ccccc2N(CC(=O)N(C)c2ccccc2)C(=O)CNC(=O)OC(C)(C)C)c1C. The number of nitrogens with one attached hydrogen (secondary N) is 1. The molecule has 0 aliphatic carbocycles. The summed E-state index contributed by atoms with van der Waals surface area (Å²) in [4.78, 5) is 56.4. The molecule has 3 aromatic carbocycles. The standard InChI is InChI=1S/C33H40N4O6/c1-23-14-13-18-26(24(23)2)36(7)31(40)22-42-28-19-12-11-17-27(28)37(29(38)20-34-32(41)43-33(3,4)5)21-30(39)35(6)25-15-9-8-10-16-25/h8-19H,20-22H2,1-7H3,(H,34,41). The van der Waals surface area contributed by atoms with Gasteiger partial charge in [-0.05, 0) is 76.1 Å². The van der Waals surface area contributed by atoms with Crippen LogP contribution >= 0.6 is 0 Å². The minimum absolute atomic E-state index is 0.228. The predicted octanol–water partition coefficient (Wildman–Crippen LogP) is 4.87. The lowest BCUT2D eigenvalue weighted by Crippen LogP contribution is -2.46. The monoisotopic (exact) mass is 588 g/mol. The van der Waals surface area contributed by atoms with Crippen LogP contribution in [0.2, 0.25) is 0 Å². The van der Waals surface area contributed by atoms with Gasteiger partial charge in [-0.1, -0.05) is 42.5 Å². The zero-order valence-electron chi connectivity index (χ0n) is 25.8. The molecule has 0 saturated carbocycles. The summed E-state index contributed by atoms with van der Waals surface area (Å²) in [5.41, 5.74) is 2.98. The van der Waals surface area contributed by atoms with Crippen LogP contribution in [-0.2, 0) is 19.1 Å². The van der Waals surface area contributed by atoms with Gasteiger partial charge in [0.1, 0.15) is 24.4 Å². The molecule has 3 aromatic rings. The van der Waals surface area contributed by atoms with E-state index in [1.807, 2.05) is 50.2 Å². The first-order valence-corrected chi connectivity index (χ1v) is 13.9. The van der Waals surface area contributed by atoms with E-state index < -0.39 is 24.1 Å². The lowest BCUT2D eigenvalue weighted by Gasteiger charge is -2.28. The lowest BCUT2D eigenvalue weighted by molar-refractivity contribution is -0.122. The lowest BCUT2D eigenvalue weighted by atomic mass is 10.1. The van der Waals surface area contributed by atoms with Gasteiger partial charge in [-0.25, -0.2) is 4.79 Å². The van der Waals surface area contributed by atoms with Gasteiger partial charge in [-0.3, -0.25) is 19.3 Å². The fraction of sp³-hybridized carbons (Fsp3) is 0.333. The maximum atomic E-state index is 13.5. The van der Waals surface area contributed by atoms with Crippen molar-refractivity contribution in [3.63, 3.8) is 0 Å². The van der Waals surface area contributed by atoms with E-state index >= 15 is 0 Å². The number of aryl methyl sites for hydroxylation is 1. The van der Waals surface area contributed by atoms with E-state index in [2.05, 4.69) is 5.32 Å². The molecular formula is C33H40N4O6. The third kappa shape index (κ3) is 9.06. The molecule has 0 aliphatic heterocycles. The Bertz CT molecular complexity index is 1450. The Hall–Kier alpha value is -4.86. The second-order valence-electron chi connectivity index (χ2n) is 11.1. The molecule has 0 spiro atoms. The summed E-state index contributed by atoms with van der Waals surface area (Å²) in [5.74, 6) is -1.02. The molecule has 4 amide bonds. The van der Waals surface area contributed by atoms with Gasteiger partial charge >= 0.3 is 6.09 Å². The van der Waals surface area contributed by atoms with Gasteiger partial charge in [0.15, 0.2) is 6.61 Å². The number of rotatable bonds is 10. The summed E-state index contributed by atoms with van der Waals surface area (Å²) in [6.07, 6.45) is -0.766. The zero-order valence-corrected chi connectivity index (χ0v) is 25.8. The summed E-state index contributed by atoms with van der Waals surface area (Å²) in [6, 6.07) is 21.4. The average molecular weight is 589 g/mol. The van der Waals surface area contributed by atoms with Gasteiger partial charge < -0.3 is 24.6 Å². The van der Waals surface area contributed by atoms with Crippen LogP contribution in [0.4, 0.5) is 21.9 Å². The van der Waals surface area contributed by atoms with E-state index in [0.29, 0.717) is 5.69 Å². The highest BCUT2D eigenvalue weighted by atomic mass is 16.6. The van der Waals surface area contributed by atoms with Crippen LogP contribution in [0.5, 0.6) is 5.75 Å². The van der Waals surface area contributed by atoms with Crippen molar-refractivity contribution in [3.8, 4) is 5.75 Å². The van der Waals surface area contributed by atoms with E-state index in [-0.39, 0.29) is 36.4 Å². The predicted molar refractivity (Wildman–Crippen MR) is 168 cm³/mol. The zero-order chi connectivity index (χ0) is 31.7. The molecule has 43 heavy (non-hydrogen) atoms. The van der Waals surface area contributed by atoms with Gasteiger partial charge in [0.05, 0.1) is 5.69 Å². The summed E-state index contributed by atoms with van der Waals surface area (Å²) in [7, 11) is 3.29. The van der Waals surface area contributed by atoms with Crippen LogP contribution in [0.3, 0.4) is 0 Å². The first kappa shape index (κ1) is 32.7. The number of ether oxygens (including phenoxy) is 2. The third-order valence-electron chi connectivity index (χ3n) is 6.71. The molecule has 0 heterocycles. The molecule has 0 fully saturated rings. The molecule has 0 atom stereocenters. The van der Waals surface area contributed by atoms with Crippen molar-refractivity contribution >= 4 is 40.9 Å². The molecule has 1 N–H and O–H groups in total. The smallest absolute Gasteiger partial charge is 0.408 e. The average Bonchev–Trinajstić information content (AvgIpc) is 2.97. The van der Waals surface area contributed by atoms with Crippen LogP contribution in [0.1, 0.15) is 31.9 Å². The number of likely N-dealkylation sites (N-methyl/N-ethyl adjacent to an activating group) is 2. The van der Waals surface area contributed by atoms with Gasteiger partial charge in [0.25, 0.3) is 5.91 Å². The van der Waals surface area contributed by atoms with Crippen molar-refractivity contribution in [2.24, 2.45) is 0 Å². The highest BCUT2D eigenvalue weighted by Gasteiger charge is 2.26. The normalized spacial score (nSPS) is 10.9. The summed E-state index contributed by atoms with van der Waals surface area (Å²) in [6.45, 7) is 7.97. The molecule has 0 bridgehead atoms. The maximum absolute atomic E-state index is 13.5. The van der Waals surface area contributed by atoms with E-state index in [1.165, 1.54) is 14.7 Å². The summed E-state index contributed by atoms with van der Waals surface area (Å²) >= 11 is 0. The molecule has 10 heteroatoms. The second kappa shape index (κ2) is 14.4. The Labute approximate surface area is 253 Å². The number of hydrogen-bond acceptors (Lipinski definition) is 6. The topological polar surface area (TPSA) is 108 Å². The minimum Gasteiger partial charge on any atom is -0.482 e. The number of benzene rings is 3. The summed E-state index contributed by atoms with van der Waals surface area (Å²) < 4.78 is 11.2. The Morgan fingerprint density at radius 2 is 1.37 bits per heavy atom. The maximum Gasteiger partial charge on any atom is 0.408 e. The van der Waals surface area contributed by atoms with Crippen molar-refractivity contribution in [2.75, 3.05) is 48.5 Å². The number of anilines is 3. The molecule has 0 saturated heterocycles. The number of hydrogen-bond donors (Lipinski definition) is 1. The number of amides is 4. The van der Waals surface area contributed by atoms with Crippen LogP contribution in [-0.4, -0.2) is 63.2 Å². The van der Waals surface area contributed by atoms with Gasteiger partial charge in [-0.2, -0.15) is 0 Å². The number of carbonyl (C=O) groups excluding carboxylic acids is 4. The molecule has 228 valence electrons. The number of carbonyl (C=O) groups is 4. The Morgan fingerprint density at radius 3 is 2.05 bits per heavy atom. The Balaban J connectivity index is 1.84. The van der Waals surface area contributed by atoms with Crippen molar-refractivity contribution in [2.45, 2.75) is 40.2 Å². The molecule has 0 radical (unpaired) electrons. The van der Waals surface area contributed by atoms with E-state index in [0.717, 1.165) is 16.8 Å². The summed E-state index contributed by atoms with van der Waals surface area (Å²) in [5, 5.41) is 2.46. The van der Waals surface area contributed by atoms with Crippen molar-refractivity contribution in [3.05, 3.63) is 83.9 Å². The third-order valence-corrected chi connectivity index (χ3v) is 6.71. The quantitative estimate of drug-likeness (QED) is 0.362. The fourth-order valence-corrected chi connectivity index (χ4v) is 4.17.